The third kappa shape index (κ3) is 4.64. The highest BCUT2D eigenvalue weighted by molar-refractivity contribution is 5.88. The van der Waals surface area contributed by atoms with Crippen LogP contribution in [0.4, 0.5) is 5.95 Å². The molecule has 0 bridgehead atoms. The fraction of sp³-hybridized carbons (Fsp3) is 0.545. The number of nitrogens with one attached hydrogen (secondary N) is 1. The fourth-order valence-corrected chi connectivity index (χ4v) is 1.24. The van der Waals surface area contributed by atoms with E-state index >= 15 is 0 Å². The Balaban J connectivity index is 2.35. The maximum absolute atomic E-state index is 10.8. The van der Waals surface area contributed by atoms with Gasteiger partial charge in [0.25, 0.3) is 0 Å². The summed E-state index contributed by atoms with van der Waals surface area (Å²) in [6, 6.07) is 0. The second kappa shape index (κ2) is 7.57. The minimum Gasteiger partial charge on any atom is -0.478 e. The van der Waals surface area contributed by atoms with Crippen molar-refractivity contribution in [3.8, 4) is 0 Å². The minimum absolute atomic E-state index is 0.108. The predicted octanol–water partition coefficient (Wildman–Crippen LogP) is 0.558. The largest absolute Gasteiger partial charge is 0.478 e. The number of hydrogen-bond acceptors (Lipinski definition) is 6. The number of aromatic carboxylic acids is 1. The van der Waals surface area contributed by atoms with E-state index in [1.807, 2.05) is 0 Å². The van der Waals surface area contributed by atoms with Gasteiger partial charge in [0.2, 0.25) is 5.95 Å². The van der Waals surface area contributed by atoms with E-state index in [9.17, 15) is 4.79 Å². The summed E-state index contributed by atoms with van der Waals surface area (Å²) in [6.07, 6.45) is 1.29. The third-order valence-electron chi connectivity index (χ3n) is 2.17. The average molecular weight is 255 g/mol. The van der Waals surface area contributed by atoms with Gasteiger partial charge < -0.3 is 19.9 Å². The summed E-state index contributed by atoms with van der Waals surface area (Å²) in [5, 5.41) is 11.8. The summed E-state index contributed by atoms with van der Waals surface area (Å²) >= 11 is 0. The molecule has 7 nitrogen and oxygen atoms in total. The number of aromatic nitrogens is 2. The van der Waals surface area contributed by atoms with Crippen LogP contribution in [0.1, 0.15) is 16.1 Å². The lowest BCUT2D eigenvalue weighted by Crippen LogP contribution is -2.14. The summed E-state index contributed by atoms with van der Waals surface area (Å²) in [7, 11) is 1.61. The predicted molar refractivity (Wildman–Crippen MR) is 64.9 cm³/mol. The molecule has 0 aromatic carbocycles. The Labute approximate surface area is 105 Å². The van der Waals surface area contributed by atoms with Crippen LogP contribution in [-0.4, -0.2) is 54.5 Å². The summed E-state index contributed by atoms with van der Waals surface area (Å²) in [5.41, 5.74) is 0.539. The maximum Gasteiger partial charge on any atom is 0.339 e. The maximum atomic E-state index is 10.8. The molecular formula is C11H17N3O4. The van der Waals surface area contributed by atoms with Crippen molar-refractivity contribution in [2.75, 3.05) is 38.8 Å². The fourth-order valence-electron chi connectivity index (χ4n) is 1.24. The molecule has 0 fully saturated rings. The van der Waals surface area contributed by atoms with Crippen molar-refractivity contribution in [1.29, 1.82) is 0 Å². The minimum atomic E-state index is -1.03. The molecule has 0 aliphatic carbocycles. The van der Waals surface area contributed by atoms with E-state index in [1.165, 1.54) is 6.20 Å². The zero-order chi connectivity index (χ0) is 13.4. The lowest BCUT2D eigenvalue weighted by atomic mass is 10.2. The monoisotopic (exact) mass is 255 g/mol. The first kappa shape index (κ1) is 14.3. The standard InChI is InChI=1S/C11H17N3O4/c1-8-9(10(15)16)7-13-11(14-8)12-3-4-18-6-5-17-2/h7H,3-6H2,1-2H3,(H,15,16)(H,12,13,14). The summed E-state index contributed by atoms with van der Waals surface area (Å²) in [6.45, 7) is 3.78. The van der Waals surface area contributed by atoms with Crippen LogP contribution in [0.5, 0.6) is 0 Å². The van der Waals surface area contributed by atoms with Gasteiger partial charge in [0, 0.05) is 19.9 Å². The van der Waals surface area contributed by atoms with E-state index in [0.717, 1.165) is 0 Å². The molecule has 0 aliphatic heterocycles. The highest BCUT2D eigenvalue weighted by Crippen LogP contribution is 2.06. The van der Waals surface area contributed by atoms with Crippen LogP contribution >= 0.6 is 0 Å². The number of methoxy groups -OCH3 is 1. The molecule has 0 aliphatic rings. The lowest BCUT2D eigenvalue weighted by Gasteiger charge is -2.07. The molecule has 1 aromatic heterocycles. The molecule has 0 saturated carbocycles. The van der Waals surface area contributed by atoms with Gasteiger partial charge in [-0.1, -0.05) is 0 Å². The zero-order valence-corrected chi connectivity index (χ0v) is 10.5. The number of anilines is 1. The van der Waals surface area contributed by atoms with Gasteiger partial charge in [-0.05, 0) is 6.92 Å². The quantitative estimate of drug-likeness (QED) is 0.655. The Hall–Kier alpha value is -1.73. The van der Waals surface area contributed by atoms with Gasteiger partial charge in [0.05, 0.1) is 31.1 Å². The molecule has 1 heterocycles. The summed E-state index contributed by atoms with van der Waals surface area (Å²) in [5.74, 6) is -0.630. The van der Waals surface area contributed by atoms with Crippen LogP contribution in [0, 0.1) is 6.92 Å². The Morgan fingerprint density at radius 2 is 2.22 bits per heavy atom. The number of ether oxygens (including phenoxy) is 2. The molecular weight excluding hydrogens is 238 g/mol. The molecule has 0 atom stereocenters. The SMILES string of the molecule is COCCOCCNc1ncc(C(=O)O)c(C)n1. The van der Waals surface area contributed by atoms with Crippen LogP contribution in [0.15, 0.2) is 6.20 Å². The highest BCUT2D eigenvalue weighted by atomic mass is 16.5. The van der Waals surface area contributed by atoms with Crippen molar-refractivity contribution >= 4 is 11.9 Å². The zero-order valence-electron chi connectivity index (χ0n) is 10.5. The van der Waals surface area contributed by atoms with Crippen molar-refractivity contribution in [3.05, 3.63) is 17.5 Å². The van der Waals surface area contributed by atoms with Crippen LogP contribution in [-0.2, 0) is 9.47 Å². The molecule has 0 unspecified atom stereocenters. The molecule has 0 spiro atoms. The number of carboxylic acids is 1. The lowest BCUT2D eigenvalue weighted by molar-refractivity contribution is 0.0695. The topological polar surface area (TPSA) is 93.6 Å². The number of rotatable bonds is 8. The second-order valence-corrected chi connectivity index (χ2v) is 3.53. The van der Waals surface area contributed by atoms with Crippen molar-refractivity contribution < 1.29 is 19.4 Å². The summed E-state index contributed by atoms with van der Waals surface area (Å²) in [4.78, 5) is 18.7. The van der Waals surface area contributed by atoms with E-state index in [0.29, 0.717) is 38.0 Å². The van der Waals surface area contributed by atoms with Crippen molar-refractivity contribution in [2.45, 2.75) is 6.92 Å². The number of hydrogen-bond donors (Lipinski definition) is 2. The van der Waals surface area contributed by atoms with Gasteiger partial charge in [-0.2, -0.15) is 0 Å². The Kier molecular flexibility index (Phi) is 6.03. The van der Waals surface area contributed by atoms with E-state index in [2.05, 4.69) is 15.3 Å². The number of carboxylic acid groups (broad SMARTS) is 1. The second-order valence-electron chi connectivity index (χ2n) is 3.53. The Bertz CT molecular complexity index is 398. The van der Waals surface area contributed by atoms with E-state index in [1.54, 1.807) is 14.0 Å². The molecule has 1 rings (SSSR count). The molecule has 18 heavy (non-hydrogen) atoms. The molecule has 0 radical (unpaired) electrons. The van der Waals surface area contributed by atoms with Crippen molar-refractivity contribution in [2.24, 2.45) is 0 Å². The molecule has 2 N–H and O–H groups in total. The van der Waals surface area contributed by atoms with Crippen molar-refractivity contribution in [3.63, 3.8) is 0 Å². The average Bonchev–Trinajstić information content (AvgIpc) is 2.33. The van der Waals surface area contributed by atoms with Gasteiger partial charge in [0.15, 0.2) is 0 Å². The van der Waals surface area contributed by atoms with Gasteiger partial charge in [0.1, 0.15) is 0 Å². The van der Waals surface area contributed by atoms with Crippen LogP contribution in [0.3, 0.4) is 0 Å². The third-order valence-corrected chi connectivity index (χ3v) is 2.17. The van der Waals surface area contributed by atoms with E-state index in [-0.39, 0.29) is 5.56 Å². The number of aryl methyl sites for hydroxylation is 1. The van der Waals surface area contributed by atoms with Crippen LogP contribution < -0.4 is 5.32 Å². The molecule has 1 aromatic rings. The first-order valence-corrected chi connectivity index (χ1v) is 5.52. The van der Waals surface area contributed by atoms with Gasteiger partial charge in [-0.25, -0.2) is 14.8 Å². The number of nitrogens with zero attached hydrogens (tertiary/aromatic N) is 2. The summed E-state index contributed by atoms with van der Waals surface area (Å²) < 4.78 is 10.1. The van der Waals surface area contributed by atoms with E-state index in [4.69, 9.17) is 14.6 Å². The van der Waals surface area contributed by atoms with Crippen LogP contribution in [0.25, 0.3) is 0 Å². The molecule has 100 valence electrons. The highest BCUT2D eigenvalue weighted by Gasteiger charge is 2.09. The smallest absolute Gasteiger partial charge is 0.339 e. The van der Waals surface area contributed by atoms with Crippen molar-refractivity contribution in [1.82, 2.24) is 9.97 Å². The van der Waals surface area contributed by atoms with Crippen LogP contribution in [0.2, 0.25) is 0 Å². The van der Waals surface area contributed by atoms with E-state index < -0.39 is 5.97 Å². The normalized spacial score (nSPS) is 10.3. The molecule has 0 amide bonds. The number of carbonyl (C=O) groups is 1. The van der Waals surface area contributed by atoms with Gasteiger partial charge >= 0.3 is 5.97 Å². The first-order chi connectivity index (χ1) is 8.65. The molecule has 0 saturated heterocycles. The Morgan fingerprint density at radius 3 is 2.83 bits per heavy atom. The first-order valence-electron chi connectivity index (χ1n) is 5.52. The van der Waals surface area contributed by atoms with Gasteiger partial charge in [-0.3, -0.25) is 0 Å². The molecule has 7 heteroatoms. The van der Waals surface area contributed by atoms with Gasteiger partial charge in [-0.15, -0.1) is 0 Å². The Morgan fingerprint density at radius 1 is 1.44 bits per heavy atom.